The monoisotopic (exact) mass is 178 g/mol. The van der Waals surface area contributed by atoms with E-state index in [2.05, 4.69) is 22.4 Å². The lowest BCUT2D eigenvalue weighted by molar-refractivity contribution is 0.0756. The van der Waals surface area contributed by atoms with Gasteiger partial charge in [-0.3, -0.25) is 4.98 Å². The highest BCUT2D eigenvalue weighted by Crippen LogP contribution is 2.12. The van der Waals surface area contributed by atoms with Crippen LogP contribution < -0.4 is 5.32 Å². The van der Waals surface area contributed by atoms with Crippen LogP contribution in [0.15, 0.2) is 18.3 Å². The van der Waals surface area contributed by atoms with Crippen molar-refractivity contribution < 1.29 is 4.74 Å². The van der Waals surface area contributed by atoms with Crippen molar-refractivity contribution in [1.29, 1.82) is 0 Å². The average Bonchev–Trinajstić information content (AvgIpc) is 2.20. The molecule has 0 bridgehead atoms. The molecule has 1 saturated heterocycles. The number of aryl methyl sites for hydroxylation is 1. The van der Waals surface area contributed by atoms with E-state index in [1.807, 2.05) is 13.1 Å². The largest absolute Gasteiger partial charge is 0.378 e. The highest BCUT2D eigenvalue weighted by atomic mass is 16.5. The fourth-order valence-electron chi connectivity index (χ4n) is 1.44. The van der Waals surface area contributed by atoms with Gasteiger partial charge in [-0.15, -0.1) is 0 Å². The maximum atomic E-state index is 5.36. The third-order valence-electron chi connectivity index (χ3n) is 2.21. The van der Waals surface area contributed by atoms with E-state index >= 15 is 0 Å². The van der Waals surface area contributed by atoms with E-state index in [-0.39, 0.29) is 6.04 Å². The lowest BCUT2D eigenvalue weighted by Gasteiger charge is -2.23. The van der Waals surface area contributed by atoms with Gasteiger partial charge in [0.2, 0.25) is 0 Å². The molecule has 1 atom stereocenters. The Morgan fingerprint density at radius 3 is 3.08 bits per heavy atom. The predicted octanol–water partition coefficient (Wildman–Crippen LogP) is 1.05. The molecule has 1 aliphatic heterocycles. The van der Waals surface area contributed by atoms with Crippen molar-refractivity contribution in [1.82, 2.24) is 10.3 Å². The zero-order valence-electron chi connectivity index (χ0n) is 7.79. The van der Waals surface area contributed by atoms with Gasteiger partial charge in [0, 0.05) is 12.7 Å². The summed E-state index contributed by atoms with van der Waals surface area (Å²) in [6, 6.07) is 4.41. The van der Waals surface area contributed by atoms with E-state index in [9.17, 15) is 0 Å². The molecule has 0 unspecified atom stereocenters. The summed E-state index contributed by atoms with van der Waals surface area (Å²) in [5.74, 6) is 0. The SMILES string of the molecule is Cc1ccc([C@H]2COCCN2)nc1. The van der Waals surface area contributed by atoms with Crippen molar-refractivity contribution in [3.05, 3.63) is 29.6 Å². The maximum Gasteiger partial charge on any atom is 0.0733 e. The topological polar surface area (TPSA) is 34.1 Å². The Labute approximate surface area is 78.1 Å². The van der Waals surface area contributed by atoms with E-state index in [4.69, 9.17) is 4.74 Å². The molecule has 3 nitrogen and oxygen atoms in total. The van der Waals surface area contributed by atoms with Gasteiger partial charge in [0.1, 0.15) is 0 Å². The van der Waals surface area contributed by atoms with Crippen molar-refractivity contribution in [2.24, 2.45) is 0 Å². The fraction of sp³-hybridized carbons (Fsp3) is 0.500. The summed E-state index contributed by atoms with van der Waals surface area (Å²) in [7, 11) is 0. The molecule has 1 aromatic rings. The van der Waals surface area contributed by atoms with Crippen LogP contribution >= 0.6 is 0 Å². The van der Waals surface area contributed by atoms with Gasteiger partial charge in [0.15, 0.2) is 0 Å². The number of rotatable bonds is 1. The third-order valence-corrected chi connectivity index (χ3v) is 2.21. The molecular weight excluding hydrogens is 164 g/mol. The lowest BCUT2D eigenvalue weighted by atomic mass is 10.1. The number of hydrogen-bond donors (Lipinski definition) is 1. The van der Waals surface area contributed by atoms with E-state index in [0.29, 0.717) is 0 Å². The van der Waals surface area contributed by atoms with Gasteiger partial charge in [-0.05, 0) is 18.6 Å². The van der Waals surface area contributed by atoms with Crippen molar-refractivity contribution >= 4 is 0 Å². The smallest absolute Gasteiger partial charge is 0.0733 e. The molecule has 0 radical (unpaired) electrons. The Morgan fingerprint density at radius 1 is 1.54 bits per heavy atom. The minimum Gasteiger partial charge on any atom is -0.378 e. The molecule has 0 aromatic carbocycles. The minimum absolute atomic E-state index is 0.273. The Balaban J connectivity index is 2.10. The van der Waals surface area contributed by atoms with Crippen LogP contribution in [0, 0.1) is 6.92 Å². The van der Waals surface area contributed by atoms with Gasteiger partial charge >= 0.3 is 0 Å². The van der Waals surface area contributed by atoms with E-state index < -0.39 is 0 Å². The Bertz CT molecular complexity index is 265. The summed E-state index contributed by atoms with van der Waals surface area (Å²) < 4.78 is 5.36. The summed E-state index contributed by atoms with van der Waals surface area (Å²) in [6.45, 7) is 4.50. The van der Waals surface area contributed by atoms with Gasteiger partial charge in [-0.25, -0.2) is 0 Å². The van der Waals surface area contributed by atoms with Crippen molar-refractivity contribution in [3.8, 4) is 0 Å². The molecule has 2 heterocycles. The number of nitrogens with zero attached hydrogens (tertiary/aromatic N) is 1. The zero-order valence-corrected chi connectivity index (χ0v) is 7.79. The van der Waals surface area contributed by atoms with Gasteiger partial charge in [-0.1, -0.05) is 6.07 Å². The number of aromatic nitrogens is 1. The Kier molecular flexibility index (Phi) is 2.57. The van der Waals surface area contributed by atoms with Gasteiger partial charge in [-0.2, -0.15) is 0 Å². The van der Waals surface area contributed by atoms with Crippen LogP contribution in [0.5, 0.6) is 0 Å². The van der Waals surface area contributed by atoms with E-state index in [1.165, 1.54) is 5.56 Å². The van der Waals surface area contributed by atoms with Gasteiger partial charge < -0.3 is 10.1 Å². The van der Waals surface area contributed by atoms with E-state index in [1.54, 1.807) is 0 Å². The molecular formula is C10H14N2O. The Hall–Kier alpha value is -0.930. The van der Waals surface area contributed by atoms with Crippen LogP contribution in [-0.4, -0.2) is 24.7 Å². The summed E-state index contributed by atoms with van der Waals surface area (Å²) in [5.41, 5.74) is 2.27. The predicted molar refractivity (Wildman–Crippen MR) is 50.5 cm³/mol. The van der Waals surface area contributed by atoms with Crippen LogP contribution in [0.2, 0.25) is 0 Å². The molecule has 0 aliphatic carbocycles. The van der Waals surface area contributed by atoms with Crippen LogP contribution in [0.1, 0.15) is 17.3 Å². The van der Waals surface area contributed by atoms with Gasteiger partial charge in [0.05, 0.1) is 24.9 Å². The first-order valence-corrected chi connectivity index (χ1v) is 4.60. The molecule has 0 amide bonds. The first kappa shape index (κ1) is 8.66. The van der Waals surface area contributed by atoms with Crippen LogP contribution in [-0.2, 0) is 4.74 Å². The van der Waals surface area contributed by atoms with Crippen molar-refractivity contribution in [3.63, 3.8) is 0 Å². The van der Waals surface area contributed by atoms with Crippen molar-refractivity contribution in [2.75, 3.05) is 19.8 Å². The molecule has 3 heteroatoms. The Morgan fingerprint density at radius 2 is 2.46 bits per heavy atom. The molecule has 1 aromatic heterocycles. The number of ether oxygens (including phenoxy) is 1. The van der Waals surface area contributed by atoms with Crippen molar-refractivity contribution in [2.45, 2.75) is 13.0 Å². The molecule has 1 N–H and O–H groups in total. The average molecular weight is 178 g/mol. The molecule has 1 fully saturated rings. The molecule has 0 spiro atoms. The van der Waals surface area contributed by atoms with Crippen LogP contribution in [0.3, 0.4) is 0 Å². The quantitative estimate of drug-likeness (QED) is 0.698. The number of hydrogen-bond acceptors (Lipinski definition) is 3. The van der Waals surface area contributed by atoms with Crippen LogP contribution in [0.25, 0.3) is 0 Å². The lowest BCUT2D eigenvalue weighted by Crippen LogP contribution is -2.35. The second kappa shape index (κ2) is 3.85. The van der Waals surface area contributed by atoms with Crippen LogP contribution in [0.4, 0.5) is 0 Å². The molecule has 0 saturated carbocycles. The second-order valence-electron chi connectivity index (χ2n) is 3.34. The first-order valence-electron chi connectivity index (χ1n) is 4.60. The summed E-state index contributed by atoms with van der Waals surface area (Å²) in [6.07, 6.45) is 1.89. The van der Waals surface area contributed by atoms with E-state index in [0.717, 1.165) is 25.5 Å². The summed E-state index contributed by atoms with van der Waals surface area (Å²) >= 11 is 0. The summed E-state index contributed by atoms with van der Waals surface area (Å²) in [5, 5.41) is 3.37. The van der Waals surface area contributed by atoms with Gasteiger partial charge in [0.25, 0.3) is 0 Å². The number of nitrogens with one attached hydrogen (secondary N) is 1. The first-order chi connectivity index (χ1) is 6.36. The minimum atomic E-state index is 0.273. The molecule has 13 heavy (non-hydrogen) atoms. The normalized spacial score (nSPS) is 23.0. The maximum absolute atomic E-state index is 5.36. The molecule has 1 aliphatic rings. The molecule has 70 valence electrons. The number of morpholine rings is 1. The fourth-order valence-corrected chi connectivity index (χ4v) is 1.44. The highest BCUT2D eigenvalue weighted by molar-refractivity contribution is 5.15. The highest BCUT2D eigenvalue weighted by Gasteiger charge is 2.15. The number of pyridine rings is 1. The zero-order chi connectivity index (χ0) is 9.10. The summed E-state index contributed by atoms with van der Waals surface area (Å²) in [4.78, 5) is 4.36. The standard InChI is InChI=1S/C10H14N2O/c1-8-2-3-9(12-6-8)10-7-13-5-4-11-10/h2-3,6,10-11H,4-5,7H2,1H3/t10-/m1/s1. The second-order valence-corrected chi connectivity index (χ2v) is 3.34. The third kappa shape index (κ3) is 2.05. The molecule has 2 rings (SSSR count).